The van der Waals surface area contributed by atoms with E-state index in [9.17, 15) is 4.79 Å². The van der Waals surface area contributed by atoms with Crippen LogP contribution in [0.5, 0.6) is 11.5 Å². The molecule has 0 atom stereocenters. The molecule has 1 aromatic rings. The molecule has 0 radical (unpaired) electrons. The Bertz CT molecular complexity index is 467. The molecule has 0 saturated heterocycles. The summed E-state index contributed by atoms with van der Waals surface area (Å²) in [7, 11) is 3.04. The predicted octanol–water partition coefficient (Wildman–Crippen LogP) is 1.60. The molecule has 1 amide bonds. The van der Waals surface area contributed by atoms with Crippen LogP contribution in [0.4, 0.5) is 0 Å². The number of rotatable bonds is 9. The summed E-state index contributed by atoms with van der Waals surface area (Å²) < 4.78 is 16.2. The highest BCUT2D eigenvalue weighted by Crippen LogP contribution is 2.33. The smallest absolute Gasteiger partial charge is 0.255 e. The fourth-order valence-electron chi connectivity index (χ4n) is 1.70. The molecule has 0 aliphatic rings. The highest BCUT2D eigenvalue weighted by Gasteiger charge is 2.16. The zero-order chi connectivity index (χ0) is 15.7. The Morgan fingerprint density at radius 2 is 2.05 bits per heavy atom. The summed E-state index contributed by atoms with van der Waals surface area (Å²) >= 11 is 3.35. The molecule has 0 aliphatic heterocycles. The van der Waals surface area contributed by atoms with Gasteiger partial charge >= 0.3 is 0 Å². The van der Waals surface area contributed by atoms with Gasteiger partial charge in [-0.3, -0.25) is 4.79 Å². The average molecular weight is 362 g/mol. The van der Waals surface area contributed by atoms with Crippen LogP contribution >= 0.6 is 15.9 Å². The molecule has 0 fully saturated rings. The molecule has 0 aliphatic carbocycles. The van der Waals surface area contributed by atoms with Crippen LogP contribution in [0.15, 0.2) is 16.6 Å². The van der Waals surface area contributed by atoms with Gasteiger partial charge in [-0.05, 0) is 34.5 Å². The maximum Gasteiger partial charge on any atom is 0.255 e. The zero-order valence-corrected chi connectivity index (χ0v) is 13.7. The van der Waals surface area contributed by atoms with Crippen LogP contribution in [-0.2, 0) is 4.74 Å². The maximum absolute atomic E-state index is 12.2. The van der Waals surface area contributed by atoms with Crippen molar-refractivity contribution in [1.29, 1.82) is 0 Å². The normalized spacial score (nSPS) is 10.3. The molecule has 0 aromatic heterocycles. The molecule has 21 heavy (non-hydrogen) atoms. The van der Waals surface area contributed by atoms with Gasteiger partial charge in [-0.25, -0.2) is 0 Å². The lowest BCUT2D eigenvalue weighted by atomic mass is 10.1. The van der Waals surface area contributed by atoms with E-state index in [4.69, 9.17) is 19.3 Å². The lowest BCUT2D eigenvalue weighted by Crippen LogP contribution is -2.26. The van der Waals surface area contributed by atoms with Crippen molar-refractivity contribution in [2.75, 3.05) is 40.6 Å². The Kier molecular flexibility index (Phi) is 8.11. The van der Waals surface area contributed by atoms with E-state index in [0.717, 1.165) is 0 Å². The number of halogens is 1. The fourth-order valence-corrected chi connectivity index (χ4v) is 2.30. The third kappa shape index (κ3) is 5.53. The first kappa shape index (κ1) is 17.7. The third-order valence-electron chi connectivity index (χ3n) is 2.69. The summed E-state index contributed by atoms with van der Waals surface area (Å²) in [5.74, 6) is 0.789. The highest BCUT2D eigenvalue weighted by atomic mass is 79.9. The van der Waals surface area contributed by atoms with Crippen LogP contribution in [0.1, 0.15) is 16.8 Å². The number of hydrogen-bond acceptors (Lipinski definition) is 5. The number of hydrogen-bond donors (Lipinski definition) is 2. The Hall–Kier alpha value is -1.31. The summed E-state index contributed by atoms with van der Waals surface area (Å²) in [4.78, 5) is 12.2. The Balaban J connectivity index is 2.62. The van der Waals surface area contributed by atoms with E-state index < -0.39 is 0 Å². The molecule has 6 nitrogen and oxygen atoms in total. The van der Waals surface area contributed by atoms with Gasteiger partial charge in [-0.15, -0.1) is 0 Å². The maximum atomic E-state index is 12.2. The Morgan fingerprint density at radius 3 is 2.67 bits per heavy atom. The molecule has 0 unspecified atom stereocenters. The van der Waals surface area contributed by atoms with Gasteiger partial charge in [-0.1, -0.05) is 0 Å². The van der Waals surface area contributed by atoms with Crippen molar-refractivity contribution >= 4 is 21.8 Å². The molecule has 0 saturated carbocycles. The second-order valence-electron chi connectivity index (χ2n) is 4.14. The van der Waals surface area contributed by atoms with E-state index in [2.05, 4.69) is 21.2 Å². The number of benzene rings is 1. The quantitative estimate of drug-likeness (QED) is 0.653. The number of carbonyl (C=O) groups is 1. The van der Waals surface area contributed by atoms with Crippen molar-refractivity contribution in [2.45, 2.75) is 6.42 Å². The first-order valence-electron chi connectivity index (χ1n) is 6.52. The van der Waals surface area contributed by atoms with Crippen LogP contribution in [0.25, 0.3) is 0 Å². The number of carbonyl (C=O) groups excluding carboxylic acids is 1. The fraction of sp³-hybridized carbons (Fsp3) is 0.500. The minimum Gasteiger partial charge on any atom is -0.497 e. The van der Waals surface area contributed by atoms with E-state index in [1.807, 2.05) is 0 Å². The number of amides is 1. The zero-order valence-electron chi connectivity index (χ0n) is 12.1. The van der Waals surface area contributed by atoms with Crippen LogP contribution in [0, 0.1) is 0 Å². The van der Waals surface area contributed by atoms with E-state index >= 15 is 0 Å². The van der Waals surface area contributed by atoms with Gasteiger partial charge in [0.1, 0.15) is 11.5 Å². The minimum atomic E-state index is -0.242. The summed E-state index contributed by atoms with van der Waals surface area (Å²) in [6, 6.07) is 3.36. The molecule has 118 valence electrons. The first-order valence-corrected chi connectivity index (χ1v) is 7.31. The molecular formula is C14H20BrNO5. The van der Waals surface area contributed by atoms with Crippen molar-refractivity contribution in [3.05, 3.63) is 22.2 Å². The summed E-state index contributed by atoms with van der Waals surface area (Å²) in [5.41, 5.74) is 0.403. The molecule has 7 heteroatoms. The molecule has 1 rings (SSSR count). The Labute approximate surface area is 132 Å². The van der Waals surface area contributed by atoms with Crippen molar-refractivity contribution in [3.8, 4) is 11.5 Å². The van der Waals surface area contributed by atoms with Crippen LogP contribution in [-0.4, -0.2) is 51.6 Å². The number of nitrogens with one attached hydrogen (secondary N) is 1. The van der Waals surface area contributed by atoms with Gasteiger partial charge in [0.15, 0.2) is 0 Å². The van der Waals surface area contributed by atoms with Gasteiger partial charge < -0.3 is 24.6 Å². The van der Waals surface area contributed by atoms with Gasteiger partial charge in [-0.2, -0.15) is 0 Å². The highest BCUT2D eigenvalue weighted by molar-refractivity contribution is 9.10. The van der Waals surface area contributed by atoms with Crippen molar-refractivity contribution < 1.29 is 24.1 Å². The van der Waals surface area contributed by atoms with E-state index in [1.165, 1.54) is 14.2 Å². The summed E-state index contributed by atoms with van der Waals surface area (Å²) in [6.07, 6.45) is 0.666. The lowest BCUT2D eigenvalue weighted by molar-refractivity contribution is 0.0866. The van der Waals surface area contributed by atoms with Gasteiger partial charge in [0, 0.05) is 13.2 Å². The number of methoxy groups -OCH3 is 2. The molecular weight excluding hydrogens is 342 g/mol. The van der Waals surface area contributed by atoms with Crippen molar-refractivity contribution in [2.24, 2.45) is 0 Å². The van der Waals surface area contributed by atoms with E-state index in [-0.39, 0.29) is 12.5 Å². The first-order chi connectivity index (χ1) is 10.1. The van der Waals surface area contributed by atoms with Crippen molar-refractivity contribution in [1.82, 2.24) is 5.32 Å². The largest absolute Gasteiger partial charge is 0.497 e. The number of aliphatic hydroxyl groups excluding tert-OH is 1. The van der Waals surface area contributed by atoms with E-state index in [1.54, 1.807) is 12.1 Å². The average Bonchev–Trinajstić information content (AvgIpc) is 2.49. The lowest BCUT2D eigenvalue weighted by Gasteiger charge is -2.13. The second kappa shape index (κ2) is 9.59. The number of aliphatic hydroxyl groups is 1. The monoisotopic (exact) mass is 361 g/mol. The molecule has 0 heterocycles. The standard InChI is InChI=1S/C14H20BrNO5/c1-19-10-8-11(13(20-2)12(15)9-10)14(18)16-4-3-6-21-7-5-17/h8-9,17H,3-7H2,1-2H3,(H,16,18). The molecule has 2 N–H and O–H groups in total. The second-order valence-corrected chi connectivity index (χ2v) is 4.99. The molecule has 0 bridgehead atoms. The minimum absolute atomic E-state index is 0.00138. The van der Waals surface area contributed by atoms with Crippen molar-refractivity contribution in [3.63, 3.8) is 0 Å². The van der Waals surface area contributed by atoms with Gasteiger partial charge in [0.25, 0.3) is 5.91 Å². The third-order valence-corrected chi connectivity index (χ3v) is 3.28. The van der Waals surface area contributed by atoms with Crippen LogP contribution in [0.3, 0.4) is 0 Å². The predicted molar refractivity (Wildman–Crippen MR) is 82.1 cm³/mol. The van der Waals surface area contributed by atoms with E-state index in [0.29, 0.717) is 47.7 Å². The molecule has 0 spiro atoms. The van der Waals surface area contributed by atoms with Gasteiger partial charge in [0.2, 0.25) is 0 Å². The van der Waals surface area contributed by atoms with Crippen LogP contribution in [0.2, 0.25) is 0 Å². The van der Waals surface area contributed by atoms with Crippen LogP contribution < -0.4 is 14.8 Å². The Morgan fingerprint density at radius 1 is 1.29 bits per heavy atom. The topological polar surface area (TPSA) is 77.0 Å². The SMILES string of the molecule is COc1cc(Br)c(OC)c(C(=O)NCCCOCCO)c1. The number of ether oxygens (including phenoxy) is 3. The summed E-state index contributed by atoms with van der Waals surface area (Å²) in [5, 5.41) is 11.4. The molecule has 1 aromatic carbocycles. The summed E-state index contributed by atoms with van der Waals surface area (Å²) in [6.45, 7) is 1.27. The van der Waals surface area contributed by atoms with Gasteiger partial charge in [0.05, 0.1) is 37.5 Å².